The molecule has 1 saturated heterocycles. The third-order valence-electron chi connectivity index (χ3n) is 3.77. The van der Waals surface area contributed by atoms with E-state index in [0.717, 1.165) is 25.1 Å². The first-order chi connectivity index (χ1) is 7.88. The first kappa shape index (κ1) is 12.3. The zero-order valence-electron chi connectivity index (χ0n) is 10.6. The molecule has 2 rings (SSSR count). The van der Waals surface area contributed by atoms with Crippen LogP contribution in [-0.4, -0.2) is 50.8 Å². The molecule has 94 valence electrons. The molecule has 0 aromatic carbocycles. The Morgan fingerprint density at radius 2 is 2.06 bits per heavy atom. The zero-order chi connectivity index (χ0) is 11.2. The van der Waals surface area contributed by atoms with E-state index >= 15 is 0 Å². The number of nitrogens with one attached hydrogen (secondary N) is 1. The summed E-state index contributed by atoms with van der Waals surface area (Å²) in [5.41, 5.74) is 0. The van der Waals surface area contributed by atoms with Gasteiger partial charge in [-0.25, -0.2) is 0 Å². The van der Waals surface area contributed by atoms with Crippen LogP contribution in [0.2, 0.25) is 0 Å². The number of likely N-dealkylation sites (tertiary alicyclic amines) is 1. The smallest absolute Gasteiger partial charge is 0.0587 e. The maximum atomic E-state index is 5.07. The largest absolute Gasteiger partial charge is 0.383 e. The maximum absolute atomic E-state index is 5.07. The Balaban J connectivity index is 1.61. The lowest BCUT2D eigenvalue weighted by molar-refractivity contribution is 0.194. The molecule has 3 heteroatoms. The van der Waals surface area contributed by atoms with Crippen molar-refractivity contribution in [1.29, 1.82) is 0 Å². The van der Waals surface area contributed by atoms with Crippen molar-refractivity contribution >= 4 is 0 Å². The highest BCUT2D eigenvalue weighted by Gasteiger charge is 2.25. The van der Waals surface area contributed by atoms with Crippen molar-refractivity contribution in [3.8, 4) is 0 Å². The van der Waals surface area contributed by atoms with Crippen LogP contribution in [0.15, 0.2) is 0 Å². The summed E-state index contributed by atoms with van der Waals surface area (Å²) in [6.45, 7) is 5.82. The molecular formula is C13H26N2O. The van der Waals surface area contributed by atoms with Gasteiger partial charge in [0.25, 0.3) is 0 Å². The topological polar surface area (TPSA) is 24.5 Å². The standard InChI is InChI=1S/C13H26N2O/c1-16-10-7-14-13-3-2-8-15(9-6-13)11-12-4-5-12/h12-14H,2-11H2,1H3/t13-/m0/s1. The Morgan fingerprint density at radius 3 is 2.81 bits per heavy atom. The van der Waals surface area contributed by atoms with Crippen LogP contribution in [0.25, 0.3) is 0 Å². The van der Waals surface area contributed by atoms with Crippen molar-refractivity contribution < 1.29 is 4.74 Å². The second-order valence-corrected chi connectivity index (χ2v) is 5.32. The van der Waals surface area contributed by atoms with Crippen molar-refractivity contribution in [3.63, 3.8) is 0 Å². The summed E-state index contributed by atoms with van der Waals surface area (Å²) in [4.78, 5) is 2.68. The van der Waals surface area contributed by atoms with E-state index in [1.165, 1.54) is 51.7 Å². The van der Waals surface area contributed by atoms with Gasteiger partial charge in [-0.2, -0.15) is 0 Å². The highest BCUT2D eigenvalue weighted by molar-refractivity contribution is 4.80. The van der Waals surface area contributed by atoms with E-state index in [-0.39, 0.29) is 0 Å². The molecule has 0 aromatic heterocycles. The van der Waals surface area contributed by atoms with Gasteiger partial charge in [0.15, 0.2) is 0 Å². The van der Waals surface area contributed by atoms with Gasteiger partial charge in [0.05, 0.1) is 6.61 Å². The minimum absolute atomic E-state index is 0.722. The summed E-state index contributed by atoms with van der Waals surface area (Å²) < 4.78 is 5.07. The van der Waals surface area contributed by atoms with Crippen LogP contribution in [0.3, 0.4) is 0 Å². The molecule has 0 bridgehead atoms. The molecule has 1 aliphatic heterocycles. The summed E-state index contributed by atoms with van der Waals surface area (Å²) in [5, 5.41) is 3.60. The van der Waals surface area contributed by atoms with Gasteiger partial charge in [0.2, 0.25) is 0 Å². The van der Waals surface area contributed by atoms with Crippen LogP contribution in [0.1, 0.15) is 32.1 Å². The highest BCUT2D eigenvalue weighted by Crippen LogP contribution is 2.30. The van der Waals surface area contributed by atoms with Gasteiger partial charge in [-0.3, -0.25) is 0 Å². The van der Waals surface area contributed by atoms with Gasteiger partial charge in [-0.05, 0) is 51.1 Å². The molecule has 0 aromatic rings. The summed E-state index contributed by atoms with van der Waals surface area (Å²) in [5.74, 6) is 1.04. The number of methoxy groups -OCH3 is 1. The monoisotopic (exact) mass is 226 g/mol. The van der Waals surface area contributed by atoms with Crippen molar-refractivity contribution in [2.45, 2.75) is 38.1 Å². The van der Waals surface area contributed by atoms with Crippen LogP contribution in [-0.2, 0) is 4.74 Å². The minimum atomic E-state index is 0.722. The van der Waals surface area contributed by atoms with E-state index in [4.69, 9.17) is 4.74 Å². The first-order valence-electron chi connectivity index (χ1n) is 6.83. The lowest BCUT2D eigenvalue weighted by Crippen LogP contribution is -2.33. The molecule has 16 heavy (non-hydrogen) atoms. The average molecular weight is 226 g/mol. The predicted octanol–water partition coefficient (Wildman–Crippen LogP) is 1.49. The van der Waals surface area contributed by atoms with Crippen molar-refractivity contribution in [3.05, 3.63) is 0 Å². The molecule has 1 atom stereocenters. The zero-order valence-corrected chi connectivity index (χ0v) is 10.6. The predicted molar refractivity (Wildman–Crippen MR) is 66.7 cm³/mol. The Kier molecular flexibility index (Phi) is 5.07. The van der Waals surface area contributed by atoms with E-state index in [9.17, 15) is 0 Å². The third kappa shape index (κ3) is 4.40. The highest BCUT2D eigenvalue weighted by atomic mass is 16.5. The number of hydrogen-bond donors (Lipinski definition) is 1. The summed E-state index contributed by atoms with van der Waals surface area (Å²) in [6, 6.07) is 0.722. The van der Waals surface area contributed by atoms with E-state index in [1.807, 2.05) is 0 Å². The molecule has 0 radical (unpaired) electrons. The third-order valence-corrected chi connectivity index (χ3v) is 3.77. The molecule has 0 spiro atoms. The Morgan fingerprint density at radius 1 is 1.19 bits per heavy atom. The van der Waals surface area contributed by atoms with Crippen LogP contribution in [0, 0.1) is 5.92 Å². The quantitative estimate of drug-likeness (QED) is 0.694. The fourth-order valence-electron chi connectivity index (χ4n) is 2.57. The number of rotatable bonds is 6. The van der Waals surface area contributed by atoms with Crippen LogP contribution in [0.4, 0.5) is 0 Å². The van der Waals surface area contributed by atoms with Crippen LogP contribution >= 0.6 is 0 Å². The molecule has 2 fully saturated rings. The molecule has 1 heterocycles. The molecule has 1 aliphatic carbocycles. The Hall–Kier alpha value is -0.120. The lowest BCUT2D eigenvalue weighted by atomic mass is 10.1. The molecule has 3 nitrogen and oxygen atoms in total. The number of hydrogen-bond acceptors (Lipinski definition) is 3. The normalized spacial score (nSPS) is 27.9. The van der Waals surface area contributed by atoms with Crippen molar-refractivity contribution in [2.24, 2.45) is 5.92 Å². The molecule has 1 saturated carbocycles. The molecular weight excluding hydrogens is 200 g/mol. The fraction of sp³-hybridized carbons (Fsp3) is 1.00. The SMILES string of the molecule is COCCN[C@H]1CCCN(CC2CC2)CC1. The summed E-state index contributed by atoms with van der Waals surface area (Å²) in [7, 11) is 1.77. The van der Waals surface area contributed by atoms with Crippen molar-refractivity contribution in [2.75, 3.05) is 39.9 Å². The van der Waals surface area contributed by atoms with Gasteiger partial charge in [0.1, 0.15) is 0 Å². The first-order valence-corrected chi connectivity index (χ1v) is 6.83. The second kappa shape index (κ2) is 6.58. The Bertz CT molecular complexity index is 194. The van der Waals surface area contributed by atoms with Gasteiger partial charge in [0, 0.05) is 26.2 Å². The molecule has 1 N–H and O–H groups in total. The maximum Gasteiger partial charge on any atom is 0.0587 e. The van der Waals surface area contributed by atoms with Gasteiger partial charge >= 0.3 is 0 Å². The average Bonchev–Trinajstić information content (AvgIpc) is 3.09. The summed E-state index contributed by atoms with van der Waals surface area (Å²) >= 11 is 0. The number of ether oxygens (including phenoxy) is 1. The molecule has 0 unspecified atom stereocenters. The fourth-order valence-corrected chi connectivity index (χ4v) is 2.57. The molecule has 2 aliphatic rings. The van der Waals surface area contributed by atoms with Gasteiger partial charge < -0.3 is 15.0 Å². The number of nitrogens with zero attached hydrogens (tertiary/aromatic N) is 1. The lowest BCUT2D eigenvalue weighted by Gasteiger charge is -2.20. The van der Waals surface area contributed by atoms with Crippen LogP contribution < -0.4 is 5.32 Å². The van der Waals surface area contributed by atoms with Gasteiger partial charge in [-0.15, -0.1) is 0 Å². The second-order valence-electron chi connectivity index (χ2n) is 5.32. The van der Waals surface area contributed by atoms with Crippen LogP contribution in [0.5, 0.6) is 0 Å². The van der Waals surface area contributed by atoms with Gasteiger partial charge in [-0.1, -0.05) is 0 Å². The summed E-state index contributed by atoms with van der Waals surface area (Å²) in [6.07, 6.45) is 6.97. The van der Waals surface area contributed by atoms with E-state index in [0.29, 0.717) is 0 Å². The van der Waals surface area contributed by atoms with E-state index < -0.39 is 0 Å². The minimum Gasteiger partial charge on any atom is -0.383 e. The van der Waals surface area contributed by atoms with Crippen molar-refractivity contribution in [1.82, 2.24) is 10.2 Å². The Labute approximate surface area is 99.5 Å². The molecule has 0 amide bonds. The van der Waals surface area contributed by atoms with E-state index in [2.05, 4.69) is 10.2 Å². The van der Waals surface area contributed by atoms with E-state index in [1.54, 1.807) is 7.11 Å².